The number of anilines is 1. The molecule has 2 aromatic carbocycles. The third-order valence-electron chi connectivity index (χ3n) is 5.50. The zero-order chi connectivity index (χ0) is 19.0. The first-order valence-electron chi connectivity index (χ1n) is 9.27. The summed E-state index contributed by atoms with van der Waals surface area (Å²) >= 11 is 0. The van der Waals surface area contributed by atoms with Crippen LogP contribution in [-0.2, 0) is 21.4 Å². The van der Waals surface area contributed by atoms with Gasteiger partial charge in [-0.3, -0.25) is 4.79 Å². The first-order valence-corrected chi connectivity index (χ1v) is 10.7. The van der Waals surface area contributed by atoms with E-state index < -0.39 is 10.0 Å². The number of carbonyl (C=O) groups excluding carboxylic acids is 1. The number of piperazine rings is 1. The molecule has 6 nitrogen and oxygen atoms in total. The van der Waals surface area contributed by atoms with E-state index in [1.54, 1.807) is 29.4 Å². The van der Waals surface area contributed by atoms with E-state index >= 15 is 0 Å². The van der Waals surface area contributed by atoms with Crippen LogP contribution in [0.1, 0.15) is 24.0 Å². The van der Waals surface area contributed by atoms with E-state index in [2.05, 4.69) is 17.4 Å². The summed E-state index contributed by atoms with van der Waals surface area (Å²) < 4.78 is 27.7. The first-order chi connectivity index (χ1) is 12.9. The number of amides is 1. The van der Waals surface area contributed by atoms with Crippen molar-refractivity contribution in [2.24, 2.45) is 0 Å². The van der Waals surface area contributed by atoms with E-state index in [1.807, 2.05) is 18.2 Å². The molecular formula is C20H24N3O3S+. The monoisotopic (exact) mass is 386 g/mol. The van der Waals surface area contributed by atoms with Crippen LogP contribution < -0.4 is 10.2 Å². The average Bonchev–Trinajstić information content (AvgIpc) is 2.97. The normalized spacial score (nSPS) is 21.1. The lowest BCUT2D eigenvalue weighted by atomic mass is 10.0. The number of rotatable bonds is 4. The van der Waals surface area contributed by atoms with Crippen molar-refractivity contribution in [3.05, 3.63) is 59.7 Å². The van der Waals surface area contributed by atoms with Crippen molar-refractivity contribution in [2.45, 2.75) is 24.3 Å². The number of benzene rings is 2. The average molecular weight is 386 g/mol. The number of hydrogen-bond donors (Lipinski definition) is 2. The van der Waals surface area contributed by atoms with E-state index in [9.17, 15) is 13.2 Å². The van der Waals surface area contributed by atoms with Gasteiger partial charge in [0, 0.05) is 11.3 Å². The molecule has 1 amide bonds. The Bertz CT molecular complexity index is 952. The van der Waals surface area contributed by atoms with Gasteiger partial charge in [-0.25, -0.2) is 8.42 Å². The van der Waals surface area contributed by atoms with Gasteiger partial charge in [-0.2, -0.15) is 4.31 Å². The Balaban J connectivity index is 1.46. The molecule has 0 aromatic heterocycles. The highest BCUT2D eigenvalue weighted by atomic mass is 32.2. The smallest absolute Gasteiger partial charge is 0.243 e. The van der Waals surface area contributed by atoms with E-state index in [0.29, 0.717) is 18.8 Å². The topological polar surface area (TPSA) is 70.9 Å². The molecule has 0 bridgehead atoms. The molecule has 0 radical (unpaired) electrons. The van der Waals surface area contributed by atoms with Crippen LogP contribution in [0.3, 0.4) is 0 Å². The fourth-order valence-electron chi connectivity index (χ4n) is 3.81. The molecule has 1 fully saturated rings. The van der Waals surface area contributed by atoms with Gasteiger partial charge in [0.1, 0.15) is 6.54 Å². The van der Waals surface area contributed by atoms with Crippen molar-refractivity contribution in [2.75, 3.05) is 31.5 Å². The minimum atomic E-state index is -3.54. The van der Waals surface area contributed by atoms with Gasteiger partial charge in [0.15, 0.2) is 0 Å². The van der Waals surface area contributed by atoms with Crippen molar-refractivity contribution >= 4 is 21.6 Å². The molecule has 1 atom stereocenters. The van der Waals surface area contributed by atoms with Crippen LogP contribution >= 0.6 is 0 Å². The van der Waals surface area contributed by atoms with Crippen LogP contribution in [0.25, 0.3) is 0 Å². The zero-order valence-electron chi connectivity index (χ0n) is 15.3. The number of quaternary nitrogens is 1. The number of carbonyl (C=O) groups is 1. The molecule has 2 aliphatic heterocycles. The van der Waals surface area contributed by atoms with Crippen molar-refractivity contribution in [3.63, 3.8) is 0 Å². The Labute approximate surface area is 159 Å². The third kappa shape index (κ3) is 3.50. The largest absolute Gasteiger partial charge is 0.329 e. The van der Waals surface area contributed by atoms with Crippen LogP contribution in [0.15, 0.2) is 53.4 Å². The Hall–Kier alpha value is -2.22. The van der Waals surface area contributed by atoms with Gasteiger partial charge >= 0.3 is 0 Å². The molecule has 7 heteroatoms. The third-order valence-corrected chi connectivity index (χ3v) is 7.40. The first kappa shape index (κ1) is 18.2. The van der Waals surface area contributed by atoms with E-state index in [1.165, 1.54) is 10.5 Å². The molecule has 0 saturated carbocycles. The highest BCUT2D eigenvalue weighted by Crippen LogP contribution is 2.34. The second-order valence-corrected chi connectivity index (χ2v) is 9.21. The van der Waals surface area contributed by atoms with Crippen LogP contribution in [0.4, 0.5) is 5.69 Å². The minimum Gasteiger partial charge on any atom is -0.329 e. The predicted molar refractivity (Wildman–Crippen MR) is 103 cm³/mol. The molecule has 4 rings (SSSR count). The summed E-state index contributed by atoms with van der Waals surface area (Å²) in [7, 11) is -3.54. The van der Waals surface area contributed by atoms with Crippen molar-refractivity contribution in [3.8, 4) is 0 Å². The lowest BCUT2D eigenvalue weighted by molar-refractivity contribution is -0.917. The van der Waals surface area contributed by atoms with Gasteiger partial charge in [-0.15, -0.1) is 0 Å². The van der Waals surface area contributed by atoms with E-state index in [0.717, 1.165) is 25.2 Å². The number of fused-ring (bicyclic) bond motifs is 1. The van der Waals surface area contributed by atoms with Crippen molar-refractivity contribution in [1.29, 1.82) is 0 Å². The summed E-state index contributed by atoms with van der Waals surface area (Å²) in [5, 5.41) is 2.78. The van der Waals surface area contributed by atoms with Crippen LogP contribution in [0, 0.1) is 0 Å². The molecule has 0 spiro atoms. The van der Waals surface area contributed by atoms with E-state index in [4.69, 9.17) is 0 Å². The van der Waals surface area contributed by atoms with Crippen LogP contribution in [-0.4, -0.2) is 44.8 Å². The highest BCUT2D eigenvalue weighted by Gasteiger charge is 2.33. The lowest BCUT2D eigenvalue weighted by Gasteiger charge is -2.31. The Morgan fingerprint density at radius 2 is 1.81 bits per heavy atom. The maximum atomic E-state index is 13.1. The Morgan fingerprint density at radius 1 is 1.11 bits per heavy atom. The van der Waals surface area contributed by atoms with Crippen molar-refractivity contribution < 1.29 is 18.1 Å². The molecule has 2 aromatic rings. The minimum absolute atomic E-state index is 0.0855. The molecule has 27 heavy (non-hydrogen) atoms. The van der Waals surface area contributed by atoms with Crippen LogP contribution in [0.2, 0.25) is 0 Å². The molecule has 2 heterocycles. The SMILES string of the molecule is C[C@@H]1C(=O)Nc2ccc(S(=O)(=O)N3CC[NH+](Cc4ccccc4)CC3)cc21. The number of nitrogens with zero attached hydrogens (tertiary/aromatic N) is 1. The fraction of sp³-hybridized carbons (Fsp3) is 0.350. The molecule has 2 N–H and O–H groups in total. The van der Waals surface area contributed by atoms with Gasteiger partial charge < -0.3 is 10.2 Å². The number of nitrogens with one attached hydrogen (secondary N) is 2. The van der Waals surface area contributed by atoms with Gasteiger partial charge in [-0.05, 0) is 30.7 Å². The van der Waals surface area contributed by atoms with Gasteiger partial charge in [0.05, 0.1) is 37.0 Å². The quantitative estimate of drug-likeness (QED) is 0.818. The van der Waals surface area contributed by atoms with Gasteiger partial charge in [-0.1, -0.05) is 30.3 Å². The molecule has 1 saturated heterocycles. The van der Waals surface area contributed by atoms with Gasteiger partial charge in [0.25, 0.3) is 0 Å². The number of hydrogen-bond acceptors (Lipinski definition) is 3. The zero-order valence-corrected chi connectivity index (χ0v) is 16.1. The summed E-state index contributed by atoms with van der Waals surface area (Å²) in [5.74, 6) is -0.403. The summed E-state index contributed by atoms with van der Waals surface area (Å²) in [4.78, 5) is 13.5. The van der Waals surface area contributed by atoms with Crippen molar-refractivity contribution in [1.82, 2.24) is 4.31 Å². The van der Waals surface area contributed by atoms with E-state index in [-0.39, 0.29) is 16.7 Å². The summed E-state index contributed by atoms with van der Waals surface area (Å²) in [5.41, 5.74) is 2.74. The van der Waals surface area contributed by atoms with Gasteiger partial charge in [0.2, 0.25) is 15.9 Å². The fourth-order valence-corrected chi connectivity index (χ4v) is 5.29. The maximum absolute atomic E-state index is 13.1. The predicted octanol–water partition coefficient (Wildman–Crippen LogP) is 0.832. The molecule has 0 unspecified atom stereocenters. The lowest BCUT2D eigenvalue weighted by Crippen LogP contribution is -3.13. The number of sulfonamides is 1. The Kier molecular flexibility index (Phi) is 4.75. The highest BCUT2D eigenvalue weighted by molar-refractivity contribution is 7.89. The summed E-state index contributed by atoms with van der Waals surface area (Å²) in [6.07, 6.45) is 0. The molecule has 142 valence electrons. The summed E-state index contributed by atoms with van der Waals surface area (Å²) in [6.45, 7) is 5.30. The standard InChI is InChI=1S/C20H23N3O3S/c1-15-18-13-17(7-8-19(18)21-20(15)24)27(25,26)23-11-9-22(10-12-23)14-16-5-3-2-4-6-16/h2-8,13,15H,9-12,14H2,1H3,(H,21,24)/p+1/t15-/m0/s1. The molecular weight excluding hydrogens is 362 g/mol. The Morgan fingerprint density at radius 3 is 2.52 bits per heavy atom. The summed E-state index contributed by atoms with van der Waals surface area (Å²) in [6, 6.07) is 15.2. The second-order valence-electron chi connectivity index (χ2n) is 7.28. The van der Waals surface area contributed by atoms with Crippen LogP contribution in [0.5, 0.6) is 0 Å². The molecule has 0 aliphatic carbocycles. The second kappa shape index (κ2) is 7.07. The maximum Gasteiger partial charge on any atom is 0.243 e. The molecule has 2 aliphatic rings.